The van der Waals surface area contributed by atoms with Gasteiger partial charge in [0.1, 0.15) is 5.75 Å². The number of ether oxygens (including phenoxy) is 3. The number of amides is 2. The second kappa shape index (κ2) is 9.97. The van der Waals surface area contributed by atoms with E-state index in [0.29, 0.717) is 57.9 Å². The minimum absolute atomic E-state index is 0.0112. The molecule has 2 aromatic carbocycles. The van der Waals surface area contributed by atoms with E-state index in [4.69, 9.17) is 14.2 Å². The van der Waals surface area contributed by atoms with E-state index in [1.54, 1.807) is 19.0 Å². The highest BCUT2D eigenvalue weighted by molar-refractivity contribution is 5.94. The lowest BCUT2D eigenvalue weighted by atomic mass is 9.98. The monoisotopic (exact) mass is 479 g/mol. The van der Waals surface area contributed by atoms with Gasteiger partial charge in [0.2, 0.25) is 11.7 Å². The molecule has 3 aliphatic rings. The lowest BCUT2D eigenvalue weighted by Crippen LogP contribution is -2.54. The molecule has 2 aromatic rings. The quantitative estimate of drug-likeness (QED) is 0.672. The number of fused-ring (bicyclic) bond motifs is 1. The highest BCUT2D eigenvalue weighted by Gasteiger charge is 2.42. The number of carbonyl (C=O) groups excluding carboxylic acids is 2. The van der Waals surface area contributed by atoms with Crippen LogP contribution in [0.15, 0.2) is 42.5 Å². The fourth-order valence-corrected chi connectivity index (χ4v) is 4.87. The van der Waals surface area contributed by atoms with Crippen LogP contribution in [0.5, 0.6) is 5.75 Å². The van der Waals surface area contributed by atoms with Crippen molar-refractivity contribution in [3.63, 3.8) is 0 Å². The summed E-state index contributed by atoms with van der Waals surface area (Å²) in [4.78, 5) is 30.5. The van der Waals surface area contributed by atoms with Crippen molar-refractivity contribution in [1.29, 1.82) is 0 Å². The first-order valence-electron chi connectivity index (χ1n) is 12.3. The summed E-state index contributed by atoms with van der Waals surface area (Å²) < 4.78 is 18.0. The molecule has 0 N–H and O–H groups in total. The van der Waals surface area contributed by atoms with Crippen LogP contribution in [0.3, 0.4) is 0 Å². The predicted molar refractivity (Wildman–Crippen MR) is 131 cm³/mol. The van der Waals surface area contributed by atoms with Crippen molar-refractivity contribution in [2.75, 3.05) is 60.0 Å². The Morgan fingerprint density at radius 1 is 0.943 bits per heavy atom. The first kappa shape index (κ1) is 23.8. The molecule has 0 aliphatic carbocycles. The summed E-state index contributed by atoms with van der Waals surface area (Å²) in [7, 11) is 3.50. The maximum absolute atomic E-state index is 12.7. The van der Waals surface area contributed by atoms with Gasteiger partial charge in [0.15, 0.2) is 0 Å². The molecule has 8 heteroatoms. The lowest BCUT2D eigenvalue weighted by molar-refractivity contribution is -0.227. The molecule has 3 aliphatic heterocycles. The van der Waals surface area contributed by atoms with Crippen LogP contribution >= 0.6 is 0 Å². The van der Waals surface area contributed by atoms with Crippen LogP contribution < -0.4 is 4.74 Å². The van der Waals surface area contributed by atoms with Crippen LogP contribution in [0.25, 0.3) is 11.1 Å². The van der Waals surface area contributed by atoms with E-state index in [0.717, 1.165) is 35.5 Å². The Labute approximate surface area is 206 Å². The highest BCUT2D eigenvalue weighted by Crippen LogP contribution is 2.39. The molecule has 2 saturated heterocycles. The zero-order valence-electron chi connectivity index (χ0n) is 20.5. The van der Waals surface area contributed by atoms with Gasteiger partial charge in [0, 0.05) is 64.2 Å². The Bertz CT molecular complexity index is 1070. The third-order valence-corrected chi connectivity index (χ3v) is 7.06. The van der Waals surface area contributed by atoms with Gasteiger partial charge >= 0.3 is 0 Å². The first-order chi connectivity index (χ1) is 16.9. The van der Waals surface area contributed by atoms with E-state index >= 15 is 0 Å². The molecule has 1 spiro atoms. The van der Waals surface area contributed by atoms with Crippen LogP contribution in [0.4, 0.5) is 0 Å². The van der Waals surface area contributed by atoms with Crippen molar-refractivity contribution in [2.45, 2.75) is 25.2 Å². The van der Waals surface area contributed by atoms with E-state index in [1.165, 1.54) is 0 Å². The van der Waals surface area contributed by atoms with Crippen molar-refractivity contribution in [3.05, 3.63) is 53.6 Å². The van der Waals surface area contributed by atoms with Crippen molar-refractivity contribution < 1.29 is 23.8 Å². The molecule has 5 rings (SSSR count). The number of carbonyl (C=O) groups is 2. The fraction of sp³-hybridized carbons (Fsp3) is 0.481. The summed E-state index contributed by atoms with van der Waals surface area (Å²) in [5, 5.41) is 0. The Hall–Kier alpha value is -2.94. The van der Waals surface area contributed by atoms with Crippen LogP contribution in [-0.4, -0.2) is 92.3 Å². The lowest BCUT2D eigenvalue weighted by Gasteiger charge is -2.44. The first-order valence-corrected chi connectivity index (χ1v) is 12.3. The largest absolute Gasteiger partial charge is 0.462 e. The summed E-state index contributed by atoms with van der Waals surface area (Å²) >= 11 is 0. The number of morpholine rings is 1. The Morgan fingerprint density at radius 3 is 2.31 bits per heavy atom. The zero-order chi connectivity index (χ0) is 24.4. The Morgan fingerprint density at radius 2 is 1.63 bits per heavy atom. The van der Waals surface area contributed by atoms with Crippen LogP contribution in [0, 0.1) is 0 Å². The summed E-state index contributed by atoms with van der Waals surface area (Å²) in [6.45, 7) is 5.21. The minimum atomic E-state index is -0.668. The standard InChI is InChI=1S/C27H33N3O5/c1-28(2)26(32)21-5-3-20(4-6-21)22-7-8-24-23(17-22)19-34-27(35-24)9-11-30(12-10-27)25(31)18-29-13-15-33-16-14-29/h3-8,17H,9-16,18-19H2,1-2H3. The topological polar surface area (TPSA) is 71.6 Å². The van der Waals surface area contributed by atoms with Gasteiger partial charge in [0.25, 0.3) is 5.91 Å². The van der Waals surface area contributed by atoms with E-state index in [9.17, 15) is 9.59 Å². The van der Waals surface area contributed by atoms with Gasteiger partial charge < -0.3 is 24.0 Å². The van der Waals surface area contributed by atoms with Crippen molar-refractivity contribution in [1.82, 2.24) is 14.7 Å². The Kier molecular flexibility index (Phi) is 6.77. The van der Waals surface area contributed by atoms with Crippen molar-refractivity contribution in [2.24, 2.45) is 0 Å². The minimum Gasteiger partial charge on any atom is -0.462 e. The molecule has 0 atom stereocenters. The molecule has 0 saturated carbocycles. The van der Waals surface area contributed by atoms with Crippen LogP contribution in [-0.2, 0) is 20.9 Å². The molecule has 2 fully saturated rings. The summed E-state index contributed by atoms with van der Waals surface area (Å²) in [5.41, 5.74) is 3.77. The molecule has 0 aromatic heterocycles. The number of likely N-dealkylation sites (tertiary alicyclic amines) is 1. The van der Waals surface area contributed by atoms with E-state index in [2.05, 4.69) is 11.0 Å². The van der Waals surface area contributed by atoms with Gasteiger partial charge in [0.05, 0.1) is 26.4 Å². The number of benzene rings is 2. The molecule has 8 nitrogen and oxygen atoms in total. The molecule has 3 heterocycles. The van der Waals surface area contributed by atoms with E-state index < -0.39 is 5.79 Å². The van der Waals surface area contributed by atoms with Crippen LogP contribution in [0.2, 0.25) is 0 Å². The van der Waals surface area contributed by atoms with Crippen molar-refractivity contribution in [3.8, 4) is 16.9 Å². The zero-order valence-corrected chi connectivity index (χ0v) is 20.5. The predicted octanol–water partition coefficient (Wildman–Crippen LogP) is 2.62. The number of hydrogen-bond acceptors (Lipinski definition) is 6. The van der Waals surface area contributed by atoms with E-state index in [1.807, 2.05) is 41.3 Å². The number of rotatable bonds is 4. The SMILES string of the molecule is CN(C)C(=O)c1ccc(-c2ccc3c(c2)COC2(CCN(C(=O)CN4CCOCC4)CC2)O3)cc1. The molecule has 186 valence electrons. The molecular formula is C27H33N3O5. The summed E-state index contributed by atoms with van der Waals surface area (Å²) in [6, 6.07) is 13.8. The van der Waals surface area contributed by atoms with Gasteiger partial charge in [-0.2, -0.15) is 0 Å². The molecular weight excluding hydrogens is 446 g/mol. The Balaban J connectivity index is 1.20. The third-order valence-electron chi connectivity index (χ3n) is 7.06. The smallest absolute Gasteiger partial charge is 0.253 e. The average molecular weight is 480 g/mol. The average Bonchev–Trinajstić information content (AvgIpc) is 2.89. The third kappa shape index (κ3) is 5.19. The molecule has 35 heavy (non-hydrogen) atoms. The van der Waals surface area contributed by atoms with Gasteiger partial charge in [-0.3, -0.25) is 14.5 Å². The number of nitrogens with zero attached hydrogens (tertiary/aromatic N) is 3. The summed E-state index contributed by atoms with van der Waals surface area (Å²) in [5.74, 6) is 0.328. The van der Waals surface area contributed by atoms with Crippen molar-refractivity contribution >= 4 is 11.8 Å². The molecule has 2 amide bonds. The highest BCUT2D eigenvalue weighted by atomic mass is 16.7. The maximum Gasteiger partial charge on any atom is 0.253 e. The maximum atomic E-state index is 12.7. The van der Waals surface area contributed by atoms with Gasteiger partial charge in [-0.25, -0.2) is 0 Å². The van der Waals surface area contributed by atoms with Gasteiger partial charge in [-0.05, 0) is 35.4 Å². The summed E-state index contributed by atoms with van der Waals surface area (Å²) in [6.07, 6.45) is 1.31. The fourth-order valence-electron chi connectivity index (χ4n) is 4.87. The second-order valence-electron chi connectivity index (χ2n) is 9.67. The second-order valence-corrected chi connectivity index (χ2v) is 9.67. The molecule has 0 radical (unpaired) electrons. The number of piperidine rings is 1. The van der Waals surface area contributed by atoms with Crippen LogP contribution in [0.1, 0.15) is 28.8 Å². The number of hydrogen-bond donors (Lipinski definition) is 0. The molecule has 0 unspecified atom stereocenters. The van der Waals surface area contributed by atoms with Gasteiger partial charge in [-0.15, -0.1) is 0 Å². The normalized spacial score (nSPS) is 19.7. The molecule has 0 bridgehead atoms. The van der Waals surface area contributed by atoms with E-state index in [-0.39, 0.29) is 11.8 Å². The van der Waals surface area contributed by atoms with Gasteiger partial charge in [-0.1, -0.05) is 18.2 Å².